The van der Waals surface area contributed by atoms with Crippen LogP contribution in [0.4, 0.5) is 17.1 Å². The Labute approximate surface area is 175 Å². The highest BCUT2D eigenvalue weighted by molar-refractivity contribution is 6.05. The van der Waals surface area contributed by atoms with E-state index in [2.05, 4.69) is 5.32 Å². The molecule has 0 spiro atoms. The Bertz CT molecular complexity index is 933. The van der Waals surface area contributed by atoms with Gasteiger partial charge in [0, 0.05) is 50.1 Å². The Hall–Kier alpha value is -3.42. The van der Waals surface area contributed by atoms with Gasteiger partial charge in [-0.3, -0.25) is 19.7 Å². The molecule has 1 N–H and O–H groups in total. The minimum atomic E-state index is -0.438. The lowest BCUT2D eigenvalue weighted by atomic mass is 10.1. The van der Waals surface area contributed by atoms with Crippen LogP contribution < -0.4 is 10.2 Å². The molecule has 1 fully saturated rings. The number of nitro benzene ring substituents is 1. The summed E-state index contributed by atoms with van der Waals surface area (Å²) < 4.78 is 0. The van der Waals surface area contributed by atoms with Crippen LogP contribution in [0.5, 0.6) is 0 Å². The molecule has 0 aliphatic carbocycles. The fourth-order valence-corrected chi connectivity index (χ4v) is 3.55. The molecule has 2 aromatic carbocycles. The number of nitro groups is 1. The second-order valence-electron chi connectivity index (χ2n) is 7.59. The minimum Gasteiger partial charge on any atom is -0.366 e. The van der Waals surface area contributed by atoms with Gasteiger partial charge < -0.3 is 15.1 Å². The van der Waals surface area contributed by atoms with Gasteiger partial charge in [-0.2, -0.15) is 0 Å². The van der Waals surface area contributed by atoms with Crippen molar-refractivity contribution in [1.82, 2.24) is 4.90 Å². The summed E-state index contributed by atoms with van der Waals surface area (Å²) in [6, 6.07) is 11.1. The van der Waals surface area contributed by atoms with E-state index in [1.807, 2.05) is 4.90 Å². The summed E-state index contributed by atoms with van der Waals surface area (Å²) in [7, 11) is 3.33. The molecule has 158 valence electrons. The number of anilines is 2. The first-order valence-corrected chi connectivity index (χ1v) is 10.0. The number of amides is 2. The van der Waals surface area contributed by atoms with Crippen LogP contribution in [-0.2, 0) is 0 Å². The molecule has 3 rings (SSSR count). The predicted octanol–water partition coefficient (Wildman–Crippen LogP) is 3.93. The predicted molar refractivity (Wildman–Crippen MR) is 116 cm³/mol. The van der Waals surface area contributed by atoms with E-state index in [-0.39, 0.29) is 17.2 Å². The van der Waals surface area contributed by atoms with Crippen molar-refractivity contribution in [3.8, 4) is 0 Å². The average molecular weight is 410 g/mol. The van der Waals surface area contributed by atoms with Gasteiger partial charge in [0.05, 0.1) is 4.92 Å². The Morgan fingerprint density at radius 3 is 2.13 bits per heavy atom. The number of rotatable bonds is 5. The summed E-state index contributed by atoms with van der Waals surface area (Å²) in [5.41, 5.74) is 1.74. The Morgan fingerprint density at radius 2 is 1.57 bits per heavy atom. The summed E-state index contributed by atoms with van der Waals surface area (Å²) in [5.74, 6) is -0.570. The van der Waals surface area contributed by atoms with Gasteiger partial charge in [-0.25, -0.2) is 0 Å². The third-order valence-electron chi connectivity index (χ3n) is 5.18. The number of nitrogens with zero attached hydrogens (tertiary/aromatic N) is 3. The maximum atomic E-state index is 12.6. The van der Waals surface area contributed by atoms with Crippen molar-refractivity contribution in [3.05, 3.63) is 63.7 Å². The SMILES string of the molecule is CN(C)C(=O)c1ccc(NC(=O)c2ccc(N3CCCCCC3)c([N+](=O)[O-])c2)cc1. The van der Waals surface area contributed by atoms with Crippen molar-refractivity contribution in [2.24, 2.45) is 0 Å². The van der Waals surface area contributed by atoms with Gasteiger partial charge in [0.2, 0.25) is 0 Å². The summed E-state index contributed by atoms with van der Waals surface area (Å²) in [4.78, 5) is 39.3. The normalized spacial score (nSPS) is 14.0. The van der Waals surface area contributed by atoms with Crippen LogP contribution in [0.25, 0.3) is 0 Å². The Balaban J connectivity index is 1.78. The van der Waals surface area contributed by atoms with Crippen LogP contribution in [0.2, 0.25) is 0 Å². The number of benzene rings is 2. The zero-order valence-corrected chi connectivity index (χ0v) is 17.3. The van der Waals surface area contributed by atoms with Crippen LogP contribution in [0, 0.1) is 10.1 Å². The van der Waals surface area contributed by atoms with Gasteiger partial charge in [-0.1, -0.05) is 12.8 Å². The van der Waals surface area contributed by atoms with Gasteiger partial charge >= 0.3 is 0 Å². The van der Waals surface area contributed by atoms with Crippen LogP contribution in [0.15, 0.2) is 42.5 Å². The fraction of sp³-hybridized carbons (Fsp3) is 0.364. The molecular weight excluding hydrogens is 384 g/mol. The molecule has 0 saturated carbocycles. The molecule has 0 atom stereocenters. The van der Waals surface area contributed by atoms with E-state index in [1.54, 1.807) is 50.5 Å². The molecule has 8 nitrogen and oxygen atoms in total. The Morgan fingerprint density at radius 1 is 0.967 bits per heavy atom. The van der Waals surface area contributed by atoms with Crippen LogP contribution in [-0.4, -0.2) is 48.8 Å². The molecule has 1 saturated heterocycles. The van der Waals surface area contributed by atoms with Gasteiger partial charge in [0.15, 0.2) is 0 Å². The third-order valence-corrected chi connectivity index (χ3v) is 5.18. The zero-order chi connectivity index (χ0) is 21.7. The van der Waals surface area contributed by atoms with Gasteiger partial charge in [0.1, 0.15) is 5.69 Å². The summed E-state index contributed by atoms with van der Waals surface area (Å²) in [5, 5.41) is 14.4. The molecule has 8 heteroatoms. The van der Waals surface area contributed by atoms with Crippen molar-refractivity contribution in [2.45, 2.75) is 25.7 Å². The number of carbonyl (C=O) groups excluding carboxylic acids is 2. The summed E-state index contributed by atoms with van der Waals surface area (Å²) in [6.45, 7) is 1.56. The zero-order valence-electron chi connectivity index (χ0n) is 17.3. The van der Waals surface area contributed by atoms with Gasteiger partial charge in [0.25, 0.3) is 17.5 Å². The van der Waals surface area contributed by atoms with Crippen LogP contribution >= 0.6 is 0 Å². The molecule has 0 unspecified atom stereocenters. The monoisotopic (exact) mass is 410 g/mol. The van der Waals surface area contributed by atoms with Crippen molar-refractivity contribution >= 4 is 28.9 Å². The minimum absolute atomic E-state index is 0.0588. The van der Waals surface area contributed by atoms with E-state index in [9.17, 15) is 19.7 Å². The van der Waals surface area contributed by atoms with E-state index >= 15 is 0 Å². The third kappa shape index (κ3) is 4.94. The second-order valence-corrected chi connectivity index (χ2v) is 7.59. The fourth-order valence-electron chi connectivity index (χ4n) is 3.55. The average Bonchev–Trinajstić information content (AvgIpc) is 3.02. The number of nitrogens with one attached hydrogen (secondary N) is 1. The van der Waals surface area contributed by atoms with Gasteiger partial charge in [-0.15, -0.1) is 0 Å². The maximum Gasteiger partial charge on any atom is 0.293 e. The van der Waals surface area contributed by atoms with E-state index in [1.165, 1.54) is 11.0 Å². The van der Waals surface area contributed by atoms with E-state index in [4.69, 9.17) is 0 Å². The first-order valence-electron chi connectivity index (χ1n) is 10.0. The molecule has 30 heavy (non-hydrogen) atoms. The topological polar surface area (TPSA) is 95.8 Å². The smallest absolute Gasteiger partial charge is 0.293 e. The second kappa shape index (κ2) is 9.39. The molecule has 2 aromatic rings. The lowest BCUT2D eigenvalue weighted by Crippen LogP contribution is -2.25. The molecular formula is C22H26N4O4. The van der Waals surface area contributed by atoms with E-state index in [0.717, 1.165) is 38.8 Å². The van der Waals surface area contributed by atoms with Crippen molar-refractivity contribution in [2.75, 3.05) is 37.4 Å². The lowest BCUT2D eigenvalue weighted by Gasteiger charge is -2.22. The highest BCUT2D eigenvalue weighted by atomic mass is 16.6. The van der Waals surface area contributed by atoms with E-state index < -0.39 is 10.8 Å². The standard InChI is InChI=1S/C22H26N4O4/c1-24(2)22(28)16-7-10-18(11-8-16)23-21(27)17-9-12-19(20(15-17)26(29)30)25-13-5-3-4-6-14-25/h7-12,15H,3-6,13-14H2,1-2H3,(H,23,27). The van der Waals surface area contributed by atoms with Crippen molar-refractivity contribution < 1.29 is 14.5 Å². The number of carbonyl (C=O) groups is 2. The first-order chi connectivity index (χ1) is 14.4. The molecule has 2 amide bonds. The molecule has 0 bridgehead atoms. The summed E-state index contributed by atoms with van der Waals surface area (Å²) in [6.07, 6.45) is 4.27. The lowest BCUT2D eigenvalue weighted by molar-refractivity contribution is -0.384. The molecule has 1 heterocycles. The number of hydrogen-bond donors (Lipinski definition) is 1. The molecule has 0 radical (unpaired) electrons. The first kappa shape index (κ1) is 21.3. The van der Waals surface area contributed by atoms with Gasteiger partial charge in [-0.05, 0) is 49.2 Å². The molecule has 1 aliphatic heterocycles. The maximum absolute atomic E-state index is 12.6. The van der Waals surface area contributed by atoms with E-state index in [0.29, 0.717) is 16.9 Å². The highest BCUT2D eigenvalue weighted by Gasteiger charge is 2.22. The largest absolute Gasteiger partial charge is 0.366 e. The summed E-state index contributed by atoms with van der Waals surface area (Å²) >= 11 is 0. The molecule has 0 aromatic heterocycles. The highest BCUT2D eigenvalue weighted by Crippen LogP contribution is 2.31. The van der Waals surface area contributed by atoms with Crippen LogP contribution in [0.1, 0.15) is 46.4 Å². The Kier molecular flexibility index (Phi) is 6.66. The van der Waals surface area contributed by atoms with Crippen LogP contribution in [0.3, 0.4) is 0 Å². The molecule has 1 aliphatic rings. The number of hydrogen-bond acceptors (Lipinski definition) is 5. The quantitative estimate of drug-likeness (QED) is 0.595. The van der Waals surface area contributed by atoms with Crippen molar-refractivity contribution in [3.63, 3.8) is 0 Å². The van der Waals surface area contributed by atoms with Crippen molar-refractivity contribution in [1.29, 1.82) is 0 Å².